The lowest BCUT2D eigenvalue weighted by Gasteiger charge is -2.29. The molecule has 0 aliphatic carbocycles. The number of amides is 1. The first-order chi connectivity index (χ1) is 14.0. The van der Waals surface area contributed by atoms with E-state index < -0.39 is 5.82 Å². The molecule has 150 valence electrons. The highest BCUT2D eigenvalue weighted by molar-refractivity contribution is 6.05. The molecule has 3 aromatic rings. The molecule has 0 radical (unpaired) electrons. The Hall–Kier alpha value is -3.19. The van der Waals surface area contributed by atoms with Crippen LogP contribution in [0.1, 0.15) is 21.6 Å². The quantitative estimate of drug-likeness (QED) is 0.718. The van der Waals surface area contributed by atoms with Gasteiger partial charge in [-0.2, -0.15) is 0 Å². The van der Waals surface area contributed by atoms with Gasteiger partial charge in [0, 0.05) is 29.9 Å². The van der Waals surface area contributed by atoms with E-state index in [9.17, 15) is 9.18 Å². The van der Waals surface area contributed by atoms with Crippen molar-refractivity contribution in [3.8, 4) is 11.5 Å². The second kappa shape index (κ2) is 8.05. The maximum Gasteiger partial charge on any atom is 0.255 e. The van der Waals surface area contributed by atoms with E-state index in [1.165, 1.54) is 6.07 Å². The highest BCUT2D eigenvalue weighted by atomic mass is 19.1. The van der Waals surface area contributed by atoms with E-state index in [4.69, 9.17) is 9.15 Å². The zero-order valence-electron chi connectivity index (χ0n) is 16.4. The van der Waals surface area contributed by atoms with E-state index in [0.29, 0.717) is 43.6 Å². The zero-order chi connectivity index (χ0) is 20.4. The highest BCUT2D eigenvalue weighted by Crippen LogP contribution is 2.26. The number of morpholine rings is 1. The first kappa shape index (κ1) is 19.1. The number of carbonyl (C=O) groups is 1. The Morgan fingerprint density at radius 3 is 2.62 bits per heavy atom. The molecule has 1 fully saturated rings. The summed E-state index contributed by atoms with van der Waals surface area (Å²) in [6, 6.07) is 10.1. The third kappa shape index (κ3) is 4.14. The van der Waals surface area contributed by atoms with Gasteiger partial charge in [0.15, 0.2) is 0 Å². The van der Waals surface area contributed by atoms with Gasteiger partial charge in [-0.15, -0.1) is 0 Å². The smallest absolute Gasteiger partial charge is 0.255 e. The number of aryl methyl sites for hydroxylation is 2. The topological polar surface area (TPSA) is 67.6 Å². The molecule has 0 bridgehead atoms. The molecule has 2 aromatic carbocycles. The van der Waals surface area contributed by atoms with Gasteiger partial charge in [-0.3, -0.25) is 4.79 Å². The first-order valence-electron chi connectivity index (χ1n) is 9.48. The number of nitrogens with one attached hydrogen (secondary N) is 1. The molecule has 1 aliphatic heterocycles. The predicted octanol–water partition coefficient (Wildman–Crippen LogP) is 4.19. The van der Waals surface area contributed by atoms with Crippen molar-refractivity contribution in [3.63, 3.8) is 0 Å². The van der Waals surface area contributed by atoms with Crippen molar-refractivity contribution in [2.45, 2.75) is 13.8 Å². The Bertz CT molecular complexity index is 1040. The maximum atomic E-state index is 14.6. The number of carbonyl (C=O) groups excluding carboxylic acids is 1. The Balaban J connectivity index is 1.54. The summed E-state index contributed by atoms with van der Waals surface area (Å²) in [6.45, 7) is 6.15. The lowest BCUT2D eigenvalue weighted by Crippen LogP contribution is -2.36. The normalized spacial score (nSPS) is 14.1. The van der Waals surface area contributed by atoms with Crippen molar-refractivity contribution in [2.75, 3.05) is 36.5 Å². The van der Waals surface area contributed by atoms with E-state index in [-0.39, 0.29) is 11.5 Å². The molecular formula is C22H22FN3O3. The minimum absolute atomic E-state index is 0.260. The van der Waals surface area contributed by atoms with E-state index in [0.717, 1.165) is 16.8 Å². The second-order valence-electron chi connectivity index (χ2n) is 7.04. The lowest BCUT2D eigenvalue weighted by atomic mass is 10.1. The molecule has 1 aromatic heterocycles. The van der Waals surface area contributed by atoms with E-state index >= 15 is 0 Å². The summed E-state index contributed by atoms with van der Waals surface area (Å²) in [4.78, 5) is 18.9. The number of oxazole rings is 1. The number of halogens is 1. The Morgan fingerprint density at radius 1 is 1.14 bits per heavy atom. The van der Waals surface area contributed by atoms with Crippen LogP contribution in [0.5, 0.6) is 0 Å². The van der Waals surface area contributed by atoms with Crippen molar-refractivity contribution in [1.82, 2.24) is 4.98 Å². The number of aromatic nitrogens is 1. The second-order valence-corrected chi connectivity index (χ2v) is 7.04. The van der Waals surface area contributed by atoms with Gasteiger partial charge in [-0.05, 0) is 49.7 Å². The fourth-order valence-corrected chi connectivity index (χ4v) is 3.28. The number of anilines is 2. The number of hydrogen-bond acceptors (Lipinski definition) is 5. The van der Waals surface area contributed by atoms with Gasteiger partial charge in [0.2, 0.25) is 5.89 Å². The monoisotopic (exact) mass is 395 g/mol. The molecule has 0 unspecified atom stereocenters. The summed E-state index contributed by atoms with van der Waals surface area (Å²) in [5.41, 5.74) is 3.80. The molecule has 7 heteroatoms. The van der Waals surface area contributed by atoms with Crippen molar-refractivity contribution in [2.24, 2.45) is 0 Å². The molecule has 2 heterocycles. The van der Waals surface area contributed by atoms with Gasteiger partial charge in [0.25, 0.3) is 5.91 Å². The average Bonchev–Trinajstić information content (AvgIpc) is 3.16. The van der Waals surface area contributed by atoms with Crippen molar-refractivity contribution >= 4 is 17.3 Å². The summed E-state index contributed by atoms with van der Waals surface area (Å²) < 4.78 is 25.4. The molecule has 0 saturated carbocycles. The third-order valence-corrected chi connectivity index (χ3v) is 4.91. The molecule has 1 amide bonds. The summed E-state index contributed by atoms with van der Waals surface area (Å²) in [5.74, 6) is -0.305. The Labute approximate surface area is 168 Å². The third-order valence-electron chi connectivity index (χ3n) is 4.91. The van der Waals surface area contributed by atoms with E-state index in [2.05, 4.69) is 10.3 Å². The minimum atomic E-state index is -0.416. The number of ether oxygens (including phenoxy) is 1. The van der Waals surface area contributed by atoms with Gasteiger partial charge < -0.3 is 19.4 Å². The molecule has 0 spiro atoms. The van der Waals surface area contributed by atoms with Crippen LogP contribution in [0, 0.1) is 19.7 Å². The SMILES string of the molecule is Cc1coc(-c2ccc(C)c(NC(=O)c3ccc(N4CCOCC4)c(F)c3)c2)n1. The highest BCUT2D eigenvalue weighted by Gasteiger charge is 2.17. The van der Waals surface area contributed by atoms with Gasteiger partial charge in [0.05, 0.1) is 24.6 Å². The summed E-state index contributed by atoms with van der Waals surface area (Å²) in [6.07, 6.45) is 1.58. The number of benzene rings is 2. The molecule has 29 heavy (non-hydrogen) atoms. The average molecular weight is 395 g/mol. The van der Waals surface area contributed by atoms with Crippen LogP contribution in [0.2, 0.25) is 0 Å². The van der Waals surface area contributed by atoms with Crippen molar-refractivity contribution in [3.05, 3.63) is 65.3 Å². The number of hydrogen-bond donors (Lipinski definition) is 1. The van der Waals surface area contributed by atoms with Gasteiger partial charge in [0.1, 0.15) is 12.1 Å². The van der Waals surface area contributed by atoms with Crippen LogP contribution in [0.15, 0.2) is 47.1 Å². The fraction of sp³-hybridized carbons (Fsp3) is 0.273. The van der Waals surface area contributed by atoms with Gasteiger partial charge >= 0.3 is 0 Å². The van der Waals surface area contributed by atoms with Crippen LogP contribution in [0.25, 0.3) is 11.5 Å². The lowest BCUT2D eigenvalue weighted by molar-refractivity contribution is 0.102. The summed E-state index contributed by atoms with van der Waals surface area (Å²) in [5, 5.41) is 2.86. The first-order valence-corrected chi connectivity index (χ1v) is 9.48. The summed E-state index contributed by atoms with van der Waals surface area (Å²) >= 11 is 0. The van der Waals surface area contributed by atoms with Crippen molar-refractivity contribution < 1.29 is 18.3 Å². The minimum Gasteiger partial charge on any atom is -0.444 e. The van der Waals surface area contributed by atoms with Crippen LogP contribution in [0.3, 0.4) is 0 Å². The standard InChI is InChI=1S/C22H22FN3O3/c1-14-3-4-17(22-24-15(2)13-29-22)12-19(14)25-21(27)16-5-6-20(18(23)11-16)26-7-9-28-10-8-26/h3-6,11-13H,7-10H2,1-2H3,(H,25,27). The zero-order valence-corrected chi connectivity index (χ0v) is 16.4. The fourth-order valence-electron chi connectivity index (χ4n) is 3.28. The van der Waals surface area contributed by atoms with E-state index in [1.54, 1.807) is 24.5 Å². The number of rotatable bonds is 4. The van der Waals surface area contributed by atoms with Crippen LogP contribution in [-0.4, -0.2) is 37.2 Å². The van der Waals surface area contributed by atoms with E-state index in [1.807, 2.05) is 30.9 Å². The van der Waals surface area contributed by atoms with Crippen molar-refractivity contribution in [1.29, 1.82) is 0 Å². The molecule has 0 atom stereocenters. The molecule has 4 rings (SSSR count). The van der Waals surface area contributed by atoms with Crippen LogP contribution in [-0.2, 0) is 4.74 Å². The predicted molar refractivity (Wildman–Crippen MR) is 109 cm³/mol. The molecule has 1 N–H and O–H groups in total. The molecule has 6 nitrogen and oxygen atoms in total. The Kier molecular flexibility index (Phi) is 5.31. The van der Waals surface area contributed by atoms with Crippen LogP contribution in [0.4, 0.5) is 15.8 Å². The van der Waals surface area contributed by atoms with Gasteiger partial charge in [-0.1, -0.05) is 6.07 Å². The van der Waals surface area contributed by atoms with Crippen LogP contribution < -0.4 is 10.2 Å². The van der Waals surface area contributed by atoms with Crippen LogP contribution >= 0.6 is 0 Å². The molecule has 1 aliphatic rings. The van der Waals surface area contributed by atoms with Gasteiger partial charge in [-0.25, -0.2) is 9.37 Å². The molecular weight excluding hydrogens is 373 g/mol. The number of nitrogens with zero attached hydrogens (tertiary/aromatic N) is 2. The molecule has 1 saturated heterocycles. The summed E-state index contributed by atoms with van der Waals surface area (Å²) in [7, 11) is 0. The Morgan fingerprint density at radius 2 is 1.93 bits per heavy atom. The maximum absolute atomic E-state index is 14.6. The largest absolute Gasteiger partial charge is 0.444 e.